The summed E-state index contributed by atoms with van der Waals surface area (Å²) in [6, 6.07) is 15.7. The number of nitrogens with one attached hydrogen (secondary N) is 2. The van der Waals surface area contributed by atoms with Crippen LogP contribution in [0.15, 0.2) is 67.1 Å². The van der Waals surface area contributed by atoms with Crippen molar-refractivity contribution in [1.82, 2.24) is 25.1 Å². The van der Waals surface area contributed by atoms with Gasteiger partial charge in [-0.05, 0) is 35.9 Å². The Morgan fingerprint density at radius 2 is 1.77 bits per heavy atom. The van der Waals surface area contributed by atoms with Crippen molar-refractivity contribution < 1.29 is 4.79 Å². The molecule has 0 unspecified atom stereocenters. The van der Waals surface area contributed by atoms with Crippen LogP contribution in [0.25, 0.3) is 10.9 Å². The summed E-state index contributed by atoms with van der Waals surface area (Å²) in [4.78, 5) is 24.2. The van der Waals surface area contributed by atoms with Crippen molar-refractivity contribution >= 4 is 34.1 Å². The van der Waals surface area contributed by atoms with Gasteiger partial charge in [0.1, 0.15) is 0 Å². The number of carbonyl (C=O) groups is 1. The first-order valence-corrected chi connectivity index (χ1v) is 10.3. The zero-order valence-corrected chi connectivity index (χ0v) is 17.0. The van der Waals surface area contributed by atoms with Crippen LogP contribution in [0.3, 0.4) is 0 Å². The Kier molecular flexibility index (Phi) is 5.18. The summed E-state index contributed by atoms with van der Waals surface area (Å²) < 4.78 is 0. The molecule has 4 aromatic rings. The van der Waals surface area contributed by atoms with Gasteiger partial charge in [0.2, 0.25) is 5.91 Å². The van der Waals surface area contributed by atoms with Crippen LogP contribution in [0.4, 0.5) is 17.3 Å². The Bertz CT molecular complexity index is 1170. The van der Waals surface area contributed by atoms with Gasteiger partial charge in [-0.2, -0.15) is 0 Å². The van der Waals surface area contributed by atoms with Crippen molar-refractivity contribution in [1.29, 1.82) is 0 Å². The lowest BCUT2D eigenvalue weighted by Gasteiger charge is -2.35. The van der Waals surface area contributed by atoms with E-state index in [1.54, 1.807) is 12.4 Å². The van der Waals surface area contributed by atoms with Crippen LogP contribution in [0.2, 0.25) is 0 Å². The van der Waals surface area contributed by atoms with E-state index in [9.17, 15) is 4.79 Å². The Hall–Kier alpha value is -3.94. The standard InChI is InChI=1S/C23H23N7O/c31-23(15-17-16-25-20-4-2-1-3-19(17)20)30-13-11-29(12-14-30)22-6-5-21(27-28-22)26-18-7-9-24-10-8-18/h1-10,16,25H,11-15H2,(H,24,26,27). The second kappa shape index (κ2) is 8.43. The summed E-state index contributed by atoms with van der Waals surface area (Å²) in [5, 5.41) is 12.9. The number of H-pyrrole nitrogens is 1. The van der Waals surface area contributed by atoms with Crippen molar-refractivity contribution in [3.05, 3.63) is 72.7 Å². The summed E-state index contributed by atoms with van der Waals surface area (Å²) in [5.74, 6) is 1.67. The molecule has 1 aromatic carbocycles. The van der Waals surface area contributed by atoms with Crippen LogP contribution in [-0.4, -0.2) is 57.2 Å². The van der Waals surface area contributed by atoms with Gasteiger partial charge in [-0.3, -0.25) is 9.78 Å². The molecule has 31 heavy (non-hydrogen) atoms. The topological polar surface area (TPSA) is 90.0 Å². The molecule has 0 bridgehead atoms. The van der Waals surface area contributed by atoms with Gasteiger partial charge in [-0.25, -0.2) is 0 Å². The predicted molar refractivity (Wildman–Crippen MR) is 120 cm³/mol. The maximum atomic E-state index is 12.8. The monoisotopic (exact) mass is 413 g/mol. The molecule has 3 aromatic heterocycles. The molecule has 8 heteroatoms. The first-order chi connectivity index (χ1) is 15.3. The second-order valence-electron chi connectivity index (χ2n) is 7.54. The average molecular weight is 413 g/mol. The van der Waals surface area contributed by atoms with E-state index in [4.69, 9.17) is 0 Å². The number of hydrogen-bond acceptors (Lipinski definition) is 6. The number of anilines is 3. The predicted octanol–water partition coefficient (Wildman–Crippen LogP) is 2.99. The minimum atomic E-state index is 0.160. The summed E-state index contributed by atoms with van der Waals surface area (Å²) in [7, 11) is 0. The highest BCUT2D eigenvalue weighted by Gasteiger charge is 2.23. The van der Waals surface area contributed by atoms with E-state index < -0.39 is 0 Å². The fraction of sp³-hybridized carbons (Fsp3) is 0.217. The summed E-state index contributed by atoms with van der Waals surface area (Å²) in [6.07, 6.45) is 5.81. The third-order valence-corrected chi connectivity index (χ3v) is 5.58. The first kappa shape index (κ1) is 19.0. The zero-order valence-electron chi connectivity index (χ0n) is 17.0. The van der Waals surface area contributed by atoms with Gasteiger partial charge in [-0.15, -0.1) is 10.2 Å². The molecule has 0 radical (unpaired) electrons. The molecule has 1 aliphatic rings. The normalized spacial score (nSPS) is 14.1. The summed E-state index contributed by atoms with van der Waals surface area (Å²) >= 11 is 0. The van der Waals surface area contributed by atoms with E-state index in [0.29, 0.717) is 25.3 Å². The lowest BCUT2D eigenvalue weighted by molar-refractivity contribution is -0.130. The van der Waals surface area contributed by atoms with Crippen molar-refractivity contribution in [2.24, 2.45) is 0 Å². The molecule has 4 heterocycles. The molecule has 0 atom stereocenters. The largest absolute Gasteiger partial charge is 0.361 e. The number of amides is 1. The number of aromatic nitrogens is 4. The summed E-state index contributed by atoms with van der Waals surface area (Å²) in [5.41, 5.74) is 3.03. The number of pyridine rings is 1. The van der Waals surface area contributed by atoms with E-state index in [1.807, 2.05) is 53.6 Å². The smallest absolute Gasteiger partial charge is 0.227 e. The van der Waals surface area contributed by atoms with E-state index in [1.165, 1.54) is 0 Å². The van der Waals surface area contributed by atoms with Gasteiger partial charge in [0.25, 0.3) is 0 Å². The lowest BCUT2D eigenvalue weighted by atomic mass is 10.1. The van der Waals surface area contributed by atoms with Gasteiger partial charge in [0, 0.05) is 61.4 Å². The number of para-hydroxylation sites is 1. The van der Waals surface area contributed by atoms with Crippen LogP contribution in [-0.2, 0) is 11.2 Å². The Labute approximate surface area is 179 Å². The summed E-state index contributed by atoms with van der Waals surface area (Å²) in [6.45, 7) is 2.84. The fourth-order valence-electron chi connectivity index (χ4n) is 3.88. The maximum absolute atomic E-state index is 12.8. The molecule has 0 saturated carbocycles. The highest BCUT2D eigenvalue weighted by molar-refractivity contribution is 5.89. The number of benzene rings is 1. The SMILES string of the molecule is O=C(Cc1c[nH]c2ccccc12)N1CCN(c2ccc(Nc3ccncc3)nn2)CC1. The second-order valence-corrected chi connectivity index (χ2v) is 7.54. The first-order valence-electron chi connectivity index (χ1n) is 10.3. The maximum Gasteiger partial charge on any atom is 0.227 e. The van der Waals surface area contributed by atoms with Gasteiger partial charge in [-0.1, -0.05) is 18.2 Å². The number of fused-ring (bicyclic) bond motifs is 1. The highest BCUT2D eigenvalue weighted by Crippen LogP contribution is 2.20. The van der Waals surface area contributed by atoms with Crippen LogP contribution in [0.1, 0.15) is 5.56 Å². The molecule has 1 saturated heterocycles. The molecule has 156 valence electrons. The molecule has 8 nitrogen and oxygen atoms in total. The number of hydrogen-bond donors (Lipinski definition) is 2. The fourth-order valence-corrected chi connectivity index (χ4v) is 3.88. The van der Waals surface area contributed by atoms with Gasteiger partial charge < -0.3 is 20.1 Å². The molecule has 5 rings (SSSR count). The molecule has 1 aliphatic heterocycles. The van der Waals surface area contributed by atoms with E-state index >= 15 is 0 Å². The number of rotatable bonds is 5. The van der Waals surface area contributed by atoms with Crippen molar-refractivity contribution in [3.63, 3.8) is 0 Å². The molecular formula is C23H23N7O. The minimum Gasteiger partial charge on any atom is -0.361 e. The molecule has 0 spiro atoms. The van der Waals surface area contributed by atoms with Crippen LogP contribution in [0.5, 0.6) is 0 Å². The van der Waals surface area contributed by atoms with Crippen molar-refractivity contribution in [3.8, 4) is 0 Å². The number of piperazine rings is 1. The molecule has 1 amide bonds. The third kappa shape index (κ3) is 4.18. The van der Waals surface area contributed by atoms with Gasteiger partial charge >= 0.3 is 0 Å². The van der Waals surface area contributed by atoms with Crippen molar-refractivity contribution in [2.45, 2.75) is 6.42 Å². The molecule has 2 N–H and O–H groups in total. The molecule has 1 fully saturated rings. The van der Waals surface area contributed by atoms with Crippen LogP contribution in [0, 0.1) is 0 Å². The molecule has 0 aliphatic carbocycles. The third-order valence-electron chi connectivity index (χ3n) is 5.58. The van der Waals surface area contributed by atoms with Gasteiger partial charge in [0.05, 0.1) is 6.42 Å². The Morgan fingerprint density at radius 1 is 0.968 bits per heavy atom. The quantitative estimate of drug-likeness (QED) is 0.523. The van der Waals surface area contributed by atoms with Crippen LogP contribution >= 0.6 is 0 Å². The Morgan fingerprint density at radius 3 is 2.55 bits per heavy atom. The lowest BCUT2D eigenvalue weighted by Crippen LogP contribution is -2.49. The number of nitrogens with zero attached hydrogens (tertiary/aromatic N) is 5. The minimum absolute atomic E-state index is 0.160. The van der Waals surface area contributed by atoms with Crippen molar-refractivity contribution in [2.75, 3.05) is 36.4 Å². The van der Waals surface area contributed by atoms with Crippen LogP contribution < -0.4 is 10.2 Å². The number of carbonyl (C=O) groups excluding carboxylic acids is 1. The van der Waals surface area contributed by atoms with E-state index in [0.717, 1.165) is 41.1 Å². The Balaban J connectivity index is 1.17. The number of aromatic amines is 1. The zero-order chi connectivity index (χ0) is 21.0. The van der Waals surface area contributed by atoms with Gasteiger partial charge in [0.15, 0.2) is 11.6 Å². The van der Waals surface area contributed by atoms with E-state index in [-0.39, 0.29) is 5.91 Å². The molecular weight excluding hydrogens is 390 g/mol. The average Bonchev–Trinajstić information content (AvgIpc) is 3.23. The highest BCUT2D eigenvalue weighted by atomic mass is 16.2. The van der Waals surface area contributed by atoms with E-state index in [2.05, 4.69) is 36.4 Å².